The van der Waals surface area contributed by atoms with Crippen LogP contribution in [0.4, 0.5) is 0 Å². The number of aryl methyl sites for hydroxylation is 2. The number of aromatic nitrogens is 2. The Balaban J connectivity index is 2.21. The van der Waals surface area contributed by atoms with Crippen LogP contribution >= 0.6 is 15.9 Å². The van der Waals surface area contributed by atoms with Crippen LogP contribution < -0.4 is 0 Å². The van der Waals surface area contributed by atoms with Crippen LogP contribution in [-0.4, -0.2) is 32.7 Å². The summed E-state index contributed by atoms with van der Waals surface area (Å²) in [5.74, 6) is 0. The smallest absolute Gasteiger partial charge is 0.0752 e. The van der Waals surface area contributed by atoms with Crippen LogP contribution in [-0.2, 0) is 18.2 Å². The van der Waals surface area contributed by atoms with E-state index in [4.69, 9.17) is 4.74 Å². The number of ether oxygens (including phenoxy) is 1. The van der Waals surface area contributed by atoms with Crippen LogP contribution in [0.2, 0.25) is 0 Å². The molecule has 19 heavy (non-hydrogen) atoms. The van der Waals surface area contributed by atoms with E-state index in [1.807, 2.05) is 18.7 Å². The molecular weight excluding hydrogens is 308 g/mol. The minimum Gasteiger partial charge on any atom is -0.389 e. The molecule has 0 bridgehead atoms. The van der Waals surface area contributed by atoms with Gasteiger partial charge in [-0.1, -0.05) is 6.92 Å². The van der Waals surface area contributed by atoms with Crippen molar-refractivity contribution < 1.29 is 9.84 Å². The Hall–Kier alpha value is -0.390. The summed E-state index contributed by atoms with van der Waals surface area (Å²) in [6, 6.07) is 0. The van der Waals surface area contributed by atoms with E-state index in [1.165, 1.54) is 0 Å². The van der Waals surface area contributed by atoms with Gasteiger partial charge in [0.15, 0.2) is 0 Å². The predicted molar refractivity (Wildman–Crippen MR) is 78.2 cm³/mol. The van der Waals surface area contributed by atoms with Gasteiger partial charge in [-0.05, 0) is 42.6 Å². The van der Waals surface area contributed by atoms with E-state index in [1.54, 1.807) is 0 Å². The molecule has 0 aliphatic carbocycles. The highest BCUT2D eigenvalue weighted by atomic mass is 79.9. The van der Waals surface area contributed by atoms with Crippen LogP contribution in [0.1, 0.15) is 44.5 Å². The molecule has 0 amide bonds. The molecule has 2 atom stereocenters. The number of nitrogens with zero attached hydrogens (tertiary/aromatic N) is 2. The van der Waals surface area contributed by atoms with Crippen molar-refractivity contribution in [3.63, 3.8) is 0 Å². The zero-order valence-corrected chi connectivity index (χ0v) is 13.7. The molecule has 1 aliphatic heterocycles. The molecule has 0 saturated carbocycles. The van der Waals surface area contributed by atoms with Gasteiger partial charge in [0.25, 0.3) is 0 Å². The number of hydrogen-bond acceptors (Lipinski definition) is 3. The van der Waals surface area contributed by atoms with Crippen molar-refractivity contribution in [1.29, 1.82) is 0 Å². The molecule has 2 heterocycles. The molecule has 1 aliphatic rings. The van der Waals surface area contributed by atoms with Crippen LogP contribution in [0.5, 0.6) is 0 Å². The molecule has 5 heteroatoms. The maximum Gasteiger partial charge on any atom is 0.0752 e. The summed E-state index contributed by atoms with van der Waals surface area (Å²) in [6.07, 6.45) is 2.89. The standard InChI is InChI=1S/C14H23BrN2O2/c1-5-13(3)9-14(18,6-7-19-13)8-11-12(15)10(2)16-17(11)4/h18H,5-9H2,1-4H3. The first kappa shape index (κ1) is 15.0. The fourth-order valence-electron chi connectivity index (χ4n) is 2.88. The Morgan fingerprint density at radius 1 is 1.53 bits per heavy atom. The first-order valence-electron chi connectivity index (χ1n) is 6.83. The molecule has 0 spiro atoms. The fourth-order valence-corrected chi connectivity index (χ4v) is 3.36. The first-order valence-corrected chi connectivity index (χ1v) is 7.62. The summed E-state index contributed by atoms with van der Waals surface area (Å²) in [5.41, 5.74) is 1.10. The van der Waals surface area contributed by atoms with Gasteiger partial charge >= 0.3 is 0 Å². The van der Waals surface area contributed by atoms with Crippen molar-refractivity contribution in [2.24, 2.45) is 7.05 Å². The lowest BCUT2D eigenvalue weighted by atomic mass is 9.79. The molecule has 1 aromatic heterocycles. The van der Waals surface area contributed by atoms with Gasteiger partial charge in [0.05, 0.1) is 33.7 Å². The number of halogens is 1. The lowest BCUT2D eigenvalue weighted by Gasteiger charge is -2.43. The quantitative estimate of drug-likeness (QED) is 0.926. The second kappa shape index (κ2) is 5.19. The van der Waals surface area contributed by atoms with Gasteiger partial charge in [0.1, 0.15) is 0 Å². The van der Waals surface area contributed by atoms with Crippen LogP contribution in [0.25, 0.3) is 0 Å². The Labute approximate surface area is 123 Å². The average molecular weight is 331 g/mol. The third-order valence-electron chi connectivity index (χ3n) is 4.23. The van der Waals surface area contributed by atoms with E-state index >= 15 is 0 Å². The van der Waals surface area contributed by atoms with Crippen molar-refractivity contribution in [2.75, 3.05) is 6.61 Å². The van der Waals surface area contributed by atoms with Crippen LogP contribution in [0, 0.1) is 6.92 Å². The van der Waals surface area contributed by atoms with Gasteiger partial charge in [-0.15, -0.1) is 0 Å². The number of rotatable bonds is 3. The number of aliphatic hydroxyl groups is 1. The molecule has 2 unspecified atom stereocenters. The van der Waals surface area contributed by atoms with E-state index in [0.717, 1.165) is 22.3 Å². The van der Waals surface area contributed by atoms with Crippen molar-refractivity contribution in [3.05, 3.63) is 15.9 Å². The normalized spacial score (nSPS) is 31.7. The zero-order chi connectivity index (χ0) is 14.3. The van der Waals surface area contributed by atoms with E-state index in [-0.39, 0.29) is 5.60 Å². The van der Waals surface area contributed by atoms with Gasteiger partial charge in [-0.3, -0.25) is 4.68 Å². The van der Waals surface area contributed by atoms with Crippen molar-refractivity contribution in [3.8, 4) is 0 Å². The highest BCUT2D eigenvalue weighted by Gasteiger charge is 2.42. The van der Waals surface area contributed by atoms with E-state index < -0.39 is 5.60 Å². The third-order valence-corrected chi connectivity index (χ3v) is 5.26. The molecule has 1 saturated heterocycles. The van der Waals surface area contributed by atoms with Crippen LogP contribution in [0.3, 0.4) is 0 Å². The van der Waals surface area contributed by atoms with Gasteiger partial charge < -0.3 is 9.84 Å². The summed E-state index contributed by atoms with van der Waals surface area (Å²) >= 11 is 3.57. The highest BCUT2D eigenvalue weighted by Crippen LogP contribution is 2.37. The average Bonchev–Trinajstić information content (AvgIpc) is 2.56. The maximum atomic E-state index is 10.9. The summed E-state index contributed by atoms with van der Waals surface area (Å²) < 4.78 is 8.68. The lowest BCUT2D eigenvalue weighted by molar-refractivity contribution is -0.153. The molecular formula is C14H23BrN2O2. The Morgan fingerprint density at radius 2 is 2.21 bits per heavy atom. The Kier molecular flexibility index (Phi) is 4.10. The Bertz CT molecular complexity index is 474. The summed E-state index contributed by atoms with van der Waals surface area (Å²) in [5, 5.41) is 15.3. The van der Waals surface area contributed by atoms with E-state index in [0.29, 0.717) is 25.9 Å². The lowest BCUT2D eigenvalue weighted by Crippen LogP contribution is -2.48. The second-order valence-electron chi connectivity index (χ2n) is 5.95. The summed E-state index contributed by atoms with van der Waals surface area (Å²) in [6.45, 7) is 6.78. The first-order chi connectivity index (χ1) is 8.79. The van der Waals surface area contributed by atoms with Gasteiger partial charge in [-0.2, -0.15) is 5.10 Å². The van der Waals surface area contributed by atoms with Gasteiger partial charge in [-0.25, -0.2) is 0 Å². The topological polar surface area (TPSA) is 47.3 Å². The minimum atomic E-state index is -0.703. The predicted octanol–water partition coefficient (Wildman–Crippen LogP) is 2.74. The van der Waals surface area contributed by atoms with E-state index in [9.17, 15) is 5.11 Å². The molecule has 1 aromatic rings. The molecule has 1 N–H and O–H groups in total. The number of hydrogen-bond donors (Lipinski definition) is 1. The molecule has 0 radical (unpaired) electrons. The summed E-state index contributed by atoms with van der Waals surface area (Å²) in [7, 11) is 1.93. The molecule has 1 fully saturated rings. The summed E-state index contributed by atoms with van der Waals surface area (Å²) in [4.78, 5) is 0. The van der Waals surface area contributed by atoms with Crippen LogP contribution in [0.15, 0.2) is 4.47 Å². The van der Waals surface area contributed by atoms with E-state index in [2.05, 4.69) is 34.9 Å². The van der Waals surface area contributed by atoms with Gasteiger partial charge in [0, 0.05) is 19.9 Å². The fraction of sp³-hybridized carbons (Fsp3) is 0.786. The van der Waals surface area contributed by atoms with Gasteiger partial charge in [0.2, 0.25) is 0 Å². The molecule has 4 nitrogen and oxygen atoms in total. The zero-order valence-electron chi connectivity index (χ0n) is 12.2. The monoisotopic (exact) mass is 330 g/mol. The molecule has 2 rings (SSSR count). The SMILES string of the molecule is CCC1(C)CC(O)(Cc2c(Br)c(C)nn2C)CCO1. The molecule has 0 aromatic carbocycles. The minimum absolute atomic E-state index is 0.215. The van der Waals surface area contributed by atoms with Crippen molar-refractivity contribution in [1.82, 2.24) is 9.78 Å². The van der Waals surface area contributed by atoms with Crippen molar-refractivity contribution >= 4 is 15.9 Å². The molecule has 108 valence electrons. The maximum absolute atomic E-state index is 10.9. The van der Waals surface area contributed by atoms with Crippen molar-refractivity contribution in [2.45, 2.75) is 57.7 Å². The highest BCUT2D eigenvalue weighted by molar-refractivity contribution is 9.10. The third kappa shape index (κ3) is 3.03. The largest absolute Gasteiger partial charge is 0.389 e. The Morgan fingerprint density at radius 3 is 2.74 bits per heavy atom. The second-order valence-corrected chi connectivity index (χ2v) is 6.74.